The Balaban J connectivity index is 1.71. The van der Waals surface area contributed by atoms with Crippen LogP contribution in [-0.2, 0) is 35.1 Å². The van der Waals surface area contributed by atoms with E-state index in [0.717, 1.165) is 0 Å². The predicted molar refractivity (Wildman–Crippen MR) is 138 cm³/mol. The van der Waals surface area contributed by atoms with Crippen molar-refractivity contribution < 1.29 is 46.6 Å². The molecule has 3 rings (SSSR count). The first kappa shape index (κ1) is 31.7. The lowest BCUT2D eigenvalue weighted by molar-refractivity contribution is -0.157. The summed E-state index contributed by atoms with van der Waals surface area (Å²) in [5, 5.41) is 2.63. The average molecular weight is 571 g/mol. The first-order valence-corrected chi connectivity index (χ1v) is 13.3. The summed E-state index contributed by atoms with van der Waals surface area (Å²) in [6.45, 7) is 5.42. The van der Waals surface area contributed by atoms with Crippen LogP contribution in [0.5, 0.6) is 5.75 Å². The van der Waals surface area contributed by atoms with Crippen LogP contribution in [0.25, 0.3) is 0 Å². The van der Waals surface area contributed by atoms with Crippen molar-refractivity contribution in [2.45, 2.75) is 57.3 Å². The number of rotatable bonds is 15. The van der Waals surface area contributed by atoms with Crippen LogP contribution in [0.4, 0.5) is 13.2 Å². The number of hydrogen-bond donors (Lipinski definition) is 1. The minimum atomic E-state index is -4.67. The molecule has 0 radical (unpaired) electrons. The molecule has 0 unspecified atom stereocenters. The van der Waals surface area contributed by atoms with Gasteiger partial charge in [0.15, 0.2) is 11.6 Å². The molecule has 0 saturated carbocycles. The second kappa shape index (κ2) is 13.7. The van der Waals surface area contributed by atoms with Gasteiger partial charge in [0, 0.05) is 37.8 Å². The van der Waals surface area contributed by atoms with E-state index in [0.29, 0.717) is 37.6 Å². The average Bonchev–Trinajstić information content (AvgIpc) is 3.65. The number of carbonyl (C=O) groups excluding carboxylic acids is 4. The van der Waals surface area contributed by atoms with Crippen LogP contribution in [0, 0.1) is 11.8 Å². The van der Waals surface area contributed by atoms with E-state index in [1.54, 1.807) is 31.2 Å². The number of methoxy groups -OCH3 is 1. The number of morpholine rings is 1. The molecule has 12 heteroatoms. The topological polar surface area (TPSA) is 115 Å². The number of Topliss-reactive ketones (excluding diaryl/α,β-unsaturated/α-hetero) is 3. The molecule has 1 aromatic carbocycles. The maximum absolute atomic E-state index is 13.4. The van der Waals surface area contributed by atoms with Crippen molar-refractivity contribution in [3.05, 3.63) is 29.8 Å². The van der Waals surface area contributed by atoms with Gasteiger partial charge in [-0.3, -0.25) is 24.1 Å². The van der Waals surface area contributed by atoms with E-state index in [4.69, 9.17) is 14.2 Å². The van der Waals surface area contributed by atoms with Crippen molar-refractivity contribution in [2.24, 2.45) is 11.8 Å². The molecule has 2 aliphatic heterocycles. The Labute approximate surface area is 231 Å². The highest BCUT2D eigenvalue weighted by atomic mass is 19.4. The fourth-order valence-corrected chi connectivity index (χ4v) is 4.67. The quantitative estimate of drug-likeness (QED) is 0.320. The molecule has 2 saturated heterocycles. The molecule has 9 nitrogen and oxygen atoms in total. The molecule has 4 atom stereocenters. The van der Waals surface area contributed by atoms with Crippen molar-refractivity contribution in [3.8, 4) is 5.75 Å². The van der Waals surface area contributed by atoms with Gasteiger partial charge in [-0.1, -0.05) is 19.1 Å². The fraction of sp³-hybridized carbons (Fsp3) is 0.643. The molecule has 1 N–H and O–H groups in total. The highest BCUT2D eigenvalue weighted by molar-refractivity contribution is 5.97. The molecule has 1 amide bonds. The summed E-state index contributed by atoms with van der Waals surface area (Å²) in [4.78, 5) is 53.7. The number of epoxide rings is 1. The summed E-state index contributed by atoms with van der Waals surface area (Å²) in [5.41, 5.74) is -0.702. The molecule has 0 aromatic heterocycles. The van der Waals surface area contributed by atoms with Gasteiger partial charge in [-0.15, -0.1) is 0 Å². The Morgan fingerprint density at radius 1 is 1.10 bits per heavy atom. The van der Waals surface area contributed by atoms with E-state index in [1.807, 2.05) is 4.90 Å². The number of nitrogens with one attached hydrogen (secondary N) is 1. The van der Waals surface area contributed by atoms with Crippen molar-refractivity contribution in [1.29, 1.82) is 0 Å². The third kappa shape index (κ3) is 9.67. The number of halogens is 3. The van der Waals surface area contributed by atoms with E-state index >= 15 is 0 Å². The van der Waals surface area contributed by atoms with Crippen molar-refractivity contribution >= 4 is 23.3 Å². The number of amides is 1. The highest BCUT2D eigenvalue weighted by Gasteiger charge is 2.52. The Morgan fingerprint density at radius 2 is 1.73 bits per heavy atom. The number of hydrogen-bond acceptors (Lipinski definition) is 8. The molecule has 2 aliphatic rings. The Kier molecular flexibility index (Phi) is 10.8. The van der Waals surface area contributed by atoms with Gasteiger partial charge in [0.25, 0.3) is 0 Å². The van der Waals surface area contributed by atoms with E-state index in [1.165, 1.54) is 14.0 Å². The minimum Gasteiger partial charge on any atom is -0.497 e. The molecule has 2 heterocycles. The predicted octanol–water partition coefficient (Wildman–Crippen LogP) is 2.54. The number of ketones is 3. The molecular formula is C28H37F3N2O7. The molecule has 1 aromatic rings. The van der Waals surface area contributed by atoms with E-state index in [-0.39, 0.29) is 31.8 Å². The second-order valence-corrected chi connectivity index (χ2v) is 10.7. The van der Waals surface area contributed by atoms with Crippen LogP contribution < -0.4 is 10.1 Å². The van der Waals surface area contributed by atoms with Gasteiger partial charge in [0.05, 0.1) is 45.9 Å². The van der Waals surface area contributed by atoms with Crippen molar-refractivity contribution in [3.63, 3.8) is 0 Å². The fourth-order valence-electron chi connectivity index (χ4n) is 4.67. The van der Waals surface area contributed by atoms with Gasteiger partial charge in [0.2, 0.25) is 5.91 Å². The first-order valence-electron chi connectivity index (χ1n) is 13.3. The van der Waals surface area contributed by atoms with E-state index in [9.17, 15) is 32.3 Å². The van der Waals surface area contributed by atoms with Gasteiger partial charge in [-0.05, 0) is 31.0 Å². The zero-order valence-electron chi connectivity index (χ0n) is 23.1. The van der Waals surface area contributed by atoms with Crippen LogP contribution in [0.3, 0.4) is 0 Å². The Morgan fingerprint density at radius 3 is 2.27 bits per heavy atom. The van der Waals surface area contributed by atoms with Gasteiger partial charge >= 0.3 is 6.18 Å². The maximum atomic E-state index is 13.4. The highest BCUT2D eigenvalue weighted by Crippen LogP contribution is 2.36. The molecule has 0 spiro atoms. The normalized spacial score (nSPS) is 21.6. The lowest BCUT2D eigenvalue weighted by Gasteiger charge is -2.26. The molecule has 40 heavy (non-hydrogen) atoms. The summed E-state index contributed by atoms with van der Waals surface area (Å²) in [6.07, 6.45) is -6.91. The van der Waals surface area contributed by atoms with Crippen LogP contribution in [-0.4, -0.2) is 92.5 Å². The smallest absolute Gasteiger partial charge is 0.389 e. The molecule has 0 aliphatic carbocycles. The summed E-state index contributed by atoms with van der Waals surface area (Å²) in [7, 11) is 1.49. The largest absolute Gasteiger partial charge is 0.497 e. The molecule has 2 fully saturated rings. The zero-order valence-corrected chi connectivity index (χ0v) is 23.1. The first-order chi connectivity index (χ1) is 18.8. The number of alkyl halides is 3. The summed E-state index contributed by atoms with van der Waals surface area (Å²) in [6, 6.07) is 5.48. The summed E-state index contributed by atoms with van der Waals surface area (Å²) < 4.78 is 55.4. The number of benzene rings is 1. The monoisotopic (exact) mass is 570 g/mol. The third-order valence-electron chi connectivity index (χ3n) is 7.18. The zero-order chi connectivity index (χ0) is 29.5. The van der Waals surface area contributed by atoms with Gasteiger partial charge in [-0.2, -0.15) is 13.2 Å². The van der Waals surface area contributed by atoms with Gasteiger partial charge in [0.1, 0.15) is 17.1 Å². The lowest BCUT2D eigenvalue weighted by atomic mass is 9.85. The number of carbonyl (C=O) groups is 4. The standard InChI is InChI=1S/C28H37F3N2O7/c1-18(12-21(34)16-33-8-10-39-11-9-33)26(37)32-23(13-19-4-6-22(38-3)7-5-19)24(35)14-20(15-28(29,30)31)25(36)27(2)17-40-27/h4-7,18,20,23H,8-17H2,1-3H3,(H,32,37)/t18-,20+,23+,27-/m1/s1. The molecule has 222 valence electrons. The van der Waals surface area contributed by atoms with Crippen LogP contribution in [0.1, 0.15) is 38.7 Å². The van der Waals surface area contributed by atoms with E-state index in [2.05, 4.69) is 5.32 Å². The minimum absolute atomic E-state index is 0.00358. The van der Waals surface area contributed by atoms with Gasteiger partial charge < -0.3 is 19.5 Å². The van der Waals surface area contributed by atoms with Crippen LogP contribution in [0.2, 0.25) is 0 Å². The summed E-state index contributed by atoms with van der Waals surface area (Å²) in [5.74, 6) is -4.04. The SMILES string of the molecule is COc1ccc(C[C@H](NC(=O)[C@H](C)CC(=O)CN2CCOCC2)C(=O)C[C@@H](CC(F)(F)F)C(=O)[C@@]2(C)CO2)cc1. The lowest BCUT2D eigenvalue weighted by Crippen LogP contribution is -2.47. The van der Waals surface area contributed by atoms with Gasteiger partial charge in [-0.25, -0.2) is 0 Å². The Bertz CT molecular complexity index is 1050. The van der Waals surface area contributed by atoms with Crippen molar-refractivity contribution in [2.75, 3.05) is 46.6 Å². The van der Waals surface area contributed by atoms with E-state index < -0.39 is 60.0 Å². The molecule has 0 bridgehead atoms. The van der Waals surface area contributed by atoms with Crippen molar-refractivity contribution in [1.82, 2.24) is 10.2 Å². The Hall–Kier alpha value is -2.83. The van der Waals surface area contributed by atoms with Crippen LogP contribution >= 0.6 is 0 Å². The molecular weight excluding hydrogens is 533 g/mol. The summed E-state index contributed by atoms with van der Waals surface area (Å²) >= 11 is 0. The third-order valence-corrected chi connectivity index (χ3v) is 7.18. The number of nitrogens with zero attached hydrogens (tertiary/aromatic N) is 1. The van der Waals surface area contributed by atoms with Crippen LogP contribution in [0.15, 0.2) is 24.3 Å². The maximum Gasteiger partial charge on any atom is 0.389 e. The number of ether oxygens (including phenoxy) is 3. The second-order valence-electron chi connectivity index (χ2n) is 10.7.